The van der Waals surface area contributed by atoms with Crippen molar-refractivity contribution in [1.29, 1.82) is 0 Å². The Hall–Kier alpha value is -2.41. The third-order valence-corrected chi connectivity index (χ3v) is 6.39. The Bertz CT molecular complexity index is 962. The number of amides is 2. The summed E-state index contributed by atoms with van der Waals surface area (Å²) in [6.45, 7) is 2.80. The van der Waals surface area contributed by atoms with Crippen molar-refractivity contribution in [3.05, 3.63) is 40.4 Å². The van der Waals surface area contributed by atoms with Gasteiger partial charge in [0.1, 0.15) is 5.82 Å². The normalized spacial score (nSPS) is 22.9. The number of hydrogen-bond donors (Lipinski definition) is 1. The molecule has 1 saturated carbocycles. The summed E-state index contributed by atoms with van der Waals surface area (Å²) in [7, 11) is 0. The molecular weight excluding hydrogens is 368 g/mol. The fraction of sp³-hybridized carbons (Fsp3) is 0.591. The number of ether oxygens (including phenoxy) is 1. The summed E-state index contributed by atoms with van der Waals surface area (Å²) in [5.41, 5.74) is 0.741. The summed E-state index contributed by atoms with van der Waals surface area (Å²) in [5, 5.41) is 3.84. The average Bonchev–Trinajstić information content (AvgIpc) is 3.43. The van der Waals surface area contributed by atoms with Gasteiger partial charge < -0.3 is 15.0 Å². The van der Waals surface area contributed by atoms with E-state index in [9.17, 15) is 9.59 Å². The van der Waals surface area contributed by atoms with Crippen molar-refractivity contribution in [2.45, 2.75) is 57.2 Å². The fourth-order valence-electron chi connectivity index (χ4n) is 4.55. The van der Waals surface area contributed by atoms with Crippen LogP contribution in [-0.4, -0.2) is 46.3 Å². The van der Waals surface area contributed by atoms with Crippen LogP contribution in [0.4, 0.5) is 4.79 Å². The second kappa shape index (κ2) is 7.78. The Labute approximate surface area is 170 Å². The molecule has 1 N–H and O–H groups in total. The maximum atomic E-state index is 13.3. The lowest BCUT2D eigenvalue weighted by Gasteiger charge is -2.30. The van der Waals surface area contributed by atoms with E-state index in [2.05, 4.69) is 5.32 Å². The number of aromatic nitrogens is 2. The predicted octanol–water partition coefficient (Wildman–Crippen LogP) is 2.83. The van der Waals surface area contributed by atoms with Gasteiger partial charge in [0.15, 0.2) is 0 Å². The van der Waals surface area contributed by atoms with Crippen LogP contribution in [0.1, 0.15) is 50.4 Å². The number of carbonyl (C=O) groups is 1. The highest BCUT2D eigenvalue weighted by molar-refractivity contribution is 5.78. The number of urea groups is 1. The zero-order chi connectivity index (χ0) is 19.8. The van der Waals surface area contributed by atoms with Gasteiger partial charge in [-0.15, -0.1) is 0 Å². The summed E-state index contributed by atoms with van der Waals surface area (Å²) in [6.07, 6.45) is 5.80. The lowest BCUT2D eigenvalue weighted by Crippen LogP contribution is -2.47. The topological polar surface area (TPSA) is 76.5 Å². The van der Waals surface area contributed by atoms with Crippen LogP contribution in [0.2, 0.25) is 0 Å². The maximum absolute atomic E-state index is 13.3. The smallest absolute Gasteiger partial charge is 0.318 e. The van der Waals surface area contributed by atoms with Gasteiger partial charge in [0.25, 0.3) is 5.56 Å². The molecule has 1 aromatic heterocycles. The summed E-state index contributed by atoms with van der Waals surface area (Å²) < 4.78 is 7.25. The zero-order valence-corrected chi connectivity index (χ0v) is 16.7. The summed E-state index contributed by atoms with van der Waals surface area (Å²) in [6, 6.07) is 7.51. The number of fused-ring (bicyclic) bond motifs is 1. The molecule has 1 unspecified atom stereocenters. The monoisotopic (exact) mass is 396 g/mol. The minimum absolute atomic E-state index is 0.0224. The van der Waals surface area contributed by atoms with Crippen molar-refractivity contribution in [3.8, 4) is 0 Å². The highest BCUT2D eigenvalue weighted by atomic mass is 16.5. The molecule has 3 fully saturated rings. The molecule has 3 heterocycles. The molecule has 154 valence electrons. The van der Waals surface area contributed by atoms with Crippen molar-refractivity contribution < 1.29 is 9.53 Å². The van der Waals surface area contributed by atoms with Crippen LogP contribution < -0.4 is 10.9 Å². The van der Waals surface area contributed by atoms with Gasteiger partial charge in [-0.2, -0.15) is 0 Å². The van der Waals surface area contributed by atoms with Gasteiger partial charge in [0.2, 0.25) is 0 Å². The zero-order valence-electron chi connectivity index (χ0n) is 16.7. The fourth-order valence-corrected chi connectivity index (χ4v) is 4.55. The van der Waals surface area contributed by atoms with Crippen molar-refractivity contribution in [1.82, 2.24) is 19.8 Å². The van der Waals surface area contributed by atoms with Gasteiger partial charge in [-0.05, 0) is 56.6 Å². The maximum Gasteiger partial charge on any atom is 0.318 e. The first-order chi connectivity index (χ1) is 14.2. The van der Waals surface area contributed by atoms with E-state index in [4.69, 9.17) is 9.72 Å². The van der Waals surface area contributed by atoms with E-state index in [0.29, 0.717) is 37.6 Å². The van der Waals surface area contributed by atoms with Crippen LogP contribution in [0.5, 0.6) is 0 Å². The second-order valence-electron chi connectivity index (χ2n) is 8.53. The summed E-state index contributed by atoms with van der Waals surface area (Å²) >= 11 is 0. The van der Waals surface area contributed by atoms with Gasteiger partial charge in [-0.25, -0.2) is 9.78 Å². The Morgan fingerprint density at radius 3 is 2.72 bits per heavy atom. The van der Waals surface area contributed by atoms with Crippen molar-refractivity contribution in [3.63, 3.8) is 0 Å². The number of carbonyl (C=O) groups excluding carboxylic acids is 1. The molecule has 1 aromatic carbocycles. The molecule has 2 aliphatic heterocycles. The van der Waals surface area contributed by atoms with Gasteiger partial charge in [0, 0.05) is 32.3 Å². The molecule has 7 nitrogen and oxygen atoms in total. The van der Waals surface area contributed by atoms with Crippen LogP contribution >= 0.6 is 0 Å². The molecule has 7 heteroatoms. The van der Waals surface area contributed by atoms with Gasteiger partial charge in [0.05, 0.1) is 16.9 Å². The highest BCUT2D eigenvalue weighted by Crippen LogP contribution is 2.34. The molecule has 3 aliphatic rings. The van der Waals surface area contributed by atoms with Crippen LogP contribution in [0.25, 0.3) is 10.9 Å². The number of nitrogens with zero attached hydrogens (tertiary/aromatic N) is 3. The molecule has 0 radical (unpaired) electrons. The molecule has 1 aliphatic carbocycles. The van der Waals surface area contributed by atoms with E-state index in [1.54, 1.807) is 0 Å². The Balaban J connectivity index is 1.47. The summed E-state index contributed by atoms with van der Waals surface area (Å²) in [4.78, 5) is 33.1. The molecule has 5 rings (SSSR count). The van der Waals surface area contributed by atoms with Gasteiger partial charge in [-0.1, -0.05) is 12.1 Å². The minimum atomic E-state index is -0.147. The number of hydrogen-bond acceptors (Lipinski definition) is 4. The number of likely N-dealkylation sites (tertiary alicyclic amines) is 1. The van der Waals surface area contributed by atoms with E-state index in [0.717, 1.165) is 49.9 Å². The number of para-hydroxylation sites is 1. The lowest BCUT2D eigenvalue weighted by molar-refractivity contribution is 0.0777. The Morgan fingerprint density at radius 2 is 1.93 bits per heavy atom. The highest BCUT2D eigenvalue weighted by Gasteiger charge is 2.35. The van der Waals surface area contributed by atoms with Gasteiger partial charge in [-0.3, -0.25) is 9.36 Å². The first kappa shape index (κ1) is 18.6. The van der Waals surface area contributed by atoms with Crippen molar-refractivity contribution >= 4 is 16.9 Å². The van der Waals surface area contributed by atoms with E-state index < -0.39 is 0 Å². The third kappa shape index (κ3) is 3.75. The molecule has 2 aromatic rings. The largest absolute Gasteiger partial charge is 0.381 e. The molecule has 1 atom stereocenters. The first-order valence-electron chi connectivity index (χ1n) is 10.8. The Kier molecular flexibility index (Phi) is 4.99. The minimum Gasteiger partial charge on any atom is -0.381 e. The van der Waals surface area contributed by atoms with E-state index in [-0.39, 0.29) is 23.7 Å². The molecule has 2 saturated heterocycles. The third-order valence-electron chi connectivity index (χ3n) is 6.39. The first-order valence-corrected chi connectivity index (χ1v) is 10.8. The van der Waals surface area contributed by atoms with Crippen LogP contribution in [0.15, 0.2) is 29.1 Å². The van der Waals surface area contributed by atoms with Crippen LogP contribution in [-0.2, 0) is 11.3 Å². The standard InChI is InChI=1S/C22H28N4O3/c27-21-17-4-1-2-5-18(17)24-20(26(21)14-15-7-8-15)19-6-3-11-25(19)22(28)23-16-9-12-29-13-10-16/h1-2,4-5,15-16,19H,3,6-14H2,(H,23,28). The van der Waals surface area contributed by atoms with E-state index in [1.807, 2.05) is 33.7 Å². The van der Waals surface area contributed by atoms with E-state index in [1.165, 1.54) is 0 Å². The second-order valence-corrected chi connectivity index (χ2v) is 8.53. The summed E-state index contributed by atoms with van der Waals surface area (Å²) in [5.74, 6) is 1.31. The molecule has 0 spiro atoms. The molecule has 2 amide bonds. The van der Waals surface area contributed by atoms with Crippen LogP contribution in [0, 0.1) is 5.92 Å². The number of rotatable bonds is 4. The molecular formula is C22H28N4O3. The quantitative estimate of drug-likeness (QED) is 0.862. The van der Waals surface area contributed by atoms with E-state index >= 15 is 0 Å². The Morgan fingerprint density at radius 1 is 1.14 bits per heavy atom. The van der Waals surface area contributed by atoms with Gasteiger partial charge >= 0.3 is 6.03 Å². The molecule has 29 heavy (non-hydrogen) atoms. The number of nitrogens with one attached hydrogen (secondary N) is 1. The van der Waals surface area contributed by atoms with Crippen molar-refractivity contribution in [2.24, 2.45) is 5.92 Å². The molecule has 0 bridgehead atoms. The predicted molar refractivity (Wildman–Crippen MR) is 110 cm³/mol. The lowest BCUT2D eigenvalue weighted by atomic mass is 10.1. The van der Waals surface area contributed by atoms with Crippen LogP contribution in [0.3, 0.4) is 0 Å². The van der Waals surface area contributed by atoms with Crippen molar-refractivity contribution in [2.75, 3.05) is 19.8 Å². The number of benzene rings is 1. The average molecular weight is 396 g/mol. The SMILES string of the molecule is O=C(NC1CCOCC1)N1CCCC1c1nc2ccccc2c(=O)n1CC1CC1.